The summed E-state index contributed by atoms with van der Waals surface area (Å²) in [5.74, 6) is 1.11. The number of fused-ring (bicyclic) bond motifs is 2. The summed E-state index contributed by atoms with van der Waals surface area (Å²) in [6, 6.07) is 0. The van der Waals surface area contributed by atoms with Gasteiger partial charge in [0, 0.05) is 6.42 Å². The molecule has 0 N–H and O–H groups in total. The van der Waals surface area contributed by atoms with E-state index in [0.717, 1.165) is 32.3 Å². The van der Waals surface area contributed by atoms with Crippen LogP contribution in [0, 0.1) is 17.8 Å². The normalized spacial score (nSPS) is 42.4. The zero-order valence-electron chi connectivity index (χ0n) is 8.72. The molecular weight excluding hydrogens is 192 g/mol. The topological polar surface area (TPSA) is 35.5 Å². The average Bonchev–Trinajstić information content (AvgIpc) is 2.93. The largest absolute Gasteiger partial charge is 0.436 e. The molecule has 0 radical (unpaired) electrons. The van der Waals surface area contributed by atoms with Crippen molar-refractivity contribution in [1.82, 2.24) is 0 Å². The predicted molar refractivity (Wildman–Crippen MR) is 53.9 cm³/mol. The lowest BCUT2D eigenvalue weighted by Gasteiger charge is -2.19. The number of allylic oxidation sites excluding steroid dienone is 2. The molecule has 0 aromatic carbocycles. The summed E-state index contributed by atoms with van der Waals surface area (Å²) < 4.78 is 10.7. The Labute approximate surface area is 89.4 Å². The maximum absolute atomic E-state index is 11.9. The van der Waals surface area contributed by atoms with Crippen molar-refractivity contribution < 1.29 is 14.3 Å². The first kappa shape index (κ1) is 9.40. The van der Waals surface area contributed by atoms with Crippen LogP contribution < -0.4 is 0 Å². The Morgan fingerprint density at radius 1 is 1.33 bits per heavy atom. The van der Waals surface area contributed by atoms with Gasteiger partial charge in [-0.05, 0) is 31.1 Å². The summed E-state index contributed by atoms with van der Waals surface area (Å²) in [5, 5.41) is 0. The molecule has 0 unspecified atom stereocenters. The Balaban J connectivity index is 1.58. The molecule has 2 fully saturated rings. The van der Waals surface area contributed by atoms with Crippen molar-refractivity contribution in [3.8, 4) is 0 Å². The molecule has 1 aliphatic heterocycles. The second kappa shape index (κ2) is 3.63. The van der Waals surface area contributed by atoms with E-state index in [0.29, 0.717) is 11.8 Å². The van der Waals surface area contributed by atoms with Crippen LogP contribution >= 0.6 is 0 Å². The van der Waals surface area contributed by atoms with Crippen LogP contribution in [0.2, 0.25) is 0 Å². The molecule has 0 aromatic heterocycles. The zero-order chi connectivity index (χ0) is 10.3. The van der Waals surface area contributed by atoms with Crippen LogP contribution in [0.5, 0.6) is 0 Å². The summed E-state index contributed by atoms with van der Waals surface area (Å²) in [7, 11) is 0. The van der Waals surface area contributed by atoms with E-state index in [4.69, 9.17) is 9.47 Å². The molecule has 3 nitrogen and oxygen atoms in total. The summed E-state index contributed by atoms with van der Waals surface area (Å²) in [4.78, 5) is 11.9. The molecule has 0 spiro atoms. The van der Waals surface area contributed by atoms with Crippen molar-refractivity contribution >= 4 is 5.97 Å². The van der Waals surface area contributed by atoms with Crippen LogP contribution in [0.15, 0.2) is 12.2 Å². The van der Waals surface area contributed by atoms with E-state index in [-0.39, 0.29) is 18.2 Å². The Kier molecular flexibility index (Phi) is 2.28. The number of carbonyl (C=O) groups is 1. The van der Waals surface area contributed by atoms with Crippen LogP contribution in [-0.4, -0.2) is 18.9 Å². The molecule has 2 aliphatic carbocycles. The van der Waals surface area contributed by atoms with E-state index in [1.54, 1.807) is 0 Å². The average molecular weight is 208 g/mol. The van der Waals surface area contributed by atoms with E-state index in [9.17, 15) is 4.79 Å². The Morgan fingerprint density at radius 3 is 2.87 bits per heavy atom. The second-order valence-electron chi connectivity index (χ2n) is 4.77. The molecule has 0 aromatic rings. The van der Waals surface area contributed by atoms with Gasteiger partial charge in [-0.3, -0.25) is 4.79 Å². The molecule has 3 rings (SSSR count). The van der Waals surface area contributed by atoms with E-state index >= 15 is 0 Å². The van der Waals surface area contributed by atoms with Gasteiger partial charge in [0.1, 0.15) is 0 Å². The molecular formula is C12H16O3. The quantitative estimate of drug-likeness (QED) is 0.513. The third kappa shape index (κ3) is 1.69. The molecule has 1 saturated heterocycles. The van der Waals surface area contributed by atoms with Crippen molar-refractivity contribution in [2.24, 2.45) is 17.8 Å². The molecule has 1 saturated carbocycles. The van der Waals surface area contributed by atoms with Gasteiger partial charge in [0.05, 0.1) is 12.5 Å². The molecule has 2 bridgehead atoms. The fourth-order valence-electron chi connectivity index (χ4n) is 2.91. The number of hydrogen-bond acceptors (Lipinski definition) is 3. The highest BCUT2D eigenvalue weighted by Crippen LogP contribution is 2.44. The van der Waals surface area contributed by atoms with Crippen molar-refractivity contribution in [2.75, 3.05) is 6.61 Å². The summed E-state index contributed by atoms with van der Waals surface area (Å²) in [6.07, 6.45) is 8.14. The van der Waals surface area contributed by atoms with Crippen molar-refractivity contribution in [1.29, 1.82) is 0 Å². The van der Waals surface area contributed by atoms with Gasteiger partial charge < -0.3 is 9.47 Å². The molecule has 15 heavy (non-hydrogen) atoms. The van der Waals surface area contributed by atoms with Crippen LogP contribution in [0.25, 0.3) is 0 Å². The van der Waals surface area contributed by atoms with E-state index in [1.807, 2.05) is 0 Å². The third-order valence-corrected chi connectivity index (χ3v) is 3.72. The lowest BCUT2D eigenvalue weighted by Crippen LogP contribution is -2.26. The summed E-state index contributed by atoms with van der Waals surface area (Å²) in [6.45, 7) is 0.731. The third-order valence-electron chi connectivity index (χ3n) is 3.72. The summed E-state index contributed by atoms with van der Waals surface area (Å²) >= 11 is 0. The molecule has 4 atom stereocenters. The first-order chi connectivity index (χ1) is 7.33. The highest BCUT2D eigenvalue weighted by Gasteiger charge is 2.41. The number of carbonyl (C=O) groups excluding carboxylic acids is 1. The van der Waals surface area contributed by atoms with Gasteiger partial charge in [0.25, 0.3) is 0 Å². The molecule has 82 valence electrons. The van der Waals surface area contributed by atoms with Crippen LogP contribution in [0.3, 0.4) is 0 Å². The maximum Gasteiger partial charge on any atom is 0.311 e. The molecule has 3 heteroatoms. The van der Waals surface area contributed by atoms with Crippen molar-refractivity contribution in [3.05, 3.63) is 12.2 Å². The minimum atomic E-state index is -0.263. The van der Waals surface area contributed by atoms with Crippen LogP contribution in [-0.2, 0) is 14.3 Å². The first-order valence-electron chi connectivity index (χ1n) is 5.83. The highest BCUT2D eigenvalue weighted by molar-refractivity contribution is 5.74. The minimum Gasteiger partial charge on any atom is -0.436 e. The van der Waals surface area contributed by atoms with Crippen molar-refractivity contribution in [2.45, 2.75) is 32.0 Å². The standard InChI is InChI=1S/C12H16O3/c13-12(15-11-2-1-5-14-11)10-7-8-3-4-9(10)6-8/h3-4,8-11H,1-2,5-7H2/t8-,9-,10-,11+/m0/s1. The number of hydrogen-bond donors (Lipinski definition) is 0. The van der Waals surface area contributed by atoms with Gasteiger partial charge in [-0.2, -0.15) is 0 Å². The molecule has 3 aliphatic rings. The lowest BCUT2D eigenvalue weighted by molar-refractivity contribution is -0.175. The van der Waals surface area contributed by atoms with E-state index in [1.165, 1.54) is 0 Å². The van der Waals surface area contributed by atoms with E-state index in [2.05, 4.69) is 12.2 Å². The van der Waals surface area contributed by atoms with Gasteiger partial charge in [0.15, 0.2) is 0 Å². The van der Waals surface area contributed by atoms with Crippen LogP contribution in [0.1, 0.15) is 25.7 Å². The van der Waals surface area contributed by atoms with Crippen molar-refractivity contribution in [3.63, 3.8) is 0 Å². The number of ether oxygens (including phenoxy) is 2. The molecule has 0 amide bonds. The predicted octanol–water partition coefficient (Wildman–Crippen LogP) is 1.88. The smallest absolute Gasteiger partial charge is 0.311 e. The Bertz CT molecular complexity index is 291. The Morgan fingerprint density at radius 2 is 2.27 bits per heavy atom. The zero-order valence-corrected chi connectivity index (χ0v) is 8.72. The first-order valence-corrected chi connectivity index (χ1v) is 5.83. The Hall–Kier alpha value is -0.830. The van der Waals surface area contributed by atoms with Gasteiger partial charge in [-0.15, -0.1) is 0 Å². The van der Waals surface area contributed by atoms with Gasteiger partial charge in [-0.1, -0.05) is 12.2 Å². The van der Waals surface area contributed by atoms with Gasteiger partial charge in [-0.25, -0.2) is 0 Å². The monoisotopic (exact) mass is 208 g/mol. The SMILES string of the molecule is O=C(O[C@@H]1CCCO1)[C@H]1C[C@H]2C=C[C@H]1C2. The second-order valence-corrected chi connectivity index (χ2v) is 4.77. The van der Waals surface area contributed by atoms with E-state index < -0.39 is 0 Å². The van der Waals surface area contributed by atoms with Crippen LogP contribution in [0.4, 0.5) is 0 Å². The molecule has 1 heterocycles. The fraction of sp³-hybridized carbons (Fsp3) is 0.750. The van der Waals surface area contributed by atoms with Gasteiger partial charge >= 0.3 is 5.97 Å². The highest BCUT2D eigenvalue weighted by atomic mass is 16.7. The number of rotatable bonds is 2. The lowest BCUT2D eigenvalue weighted by atomic mass is 9.94. The maximum atomic E-state index is 11.9. The summed E-state index contributed by atoms with van der Waals surface area (Å²) in [5.41, 5.74) is 0. The van der Waals surface area contributed by atoms with Gasteiger partial charge in [0.2, 0.25) is 6.29 Å². The fourth-order valence-corrected chi connectivity index (χ4v) is 2.91. The minimum absolute atomic E-state index is 0.0428. The number of esters is 1.